The highest BCUT2D eigenvalue weighted by Crippen LogP contribution is 2.42. The number of nitrogens with zero attached hydrogens (tertiary/aromatic N) is 2. The van der Waals surface area contributed by atoms with Crippen LogP contribution >= 0.6 is 0 Å². The molecule has 4 nitrogen and oxygen atoms in total. The van der Waals surface area contributed by atoms with Crippen LogP contribution in [0.15, 0.2) is 4.52 Å². The van der Waals surface area contributed by atoms with Gasteiger partial charge in [-0.3, -0.25) is 0 Å². The Morgan fingerprint density at radius 1 is 1.05 bits per heavy atom. The van der Waals surface area contributed by atoms with E-state index in [1.54, 1.807) is 0 Å². The first-order valence-corrected chi connectivity index (χ1v) is 7.31. The quantitative estimate of drug-likeness (QED) is 0.887. The predicted octanol–water partition coefficient (Wildman–Crippen LogP) is 3.58. The molecule has 0 radical (unpaired) electrons. The lowest BCUT2D eigenvalue weighted by molar-refractivity contribution is 0.159. The van der Waals surface area contributed by atoms with Crippen molar-refractivity contribution < 1.29 is 4.52 Å². The van der Waals surface area contributed by atoms with Gasteiger partial charge < -0.3 is 10.3 Å². The van der Waals surface area contributed by atoms with Gasteiger partial charge in [0.2, 0.25) is 5.89 Å². The van der Waals surface area contributed by atoms with Crippen LogP contribution in [0, 0.1) is 11.3 Å². The smallest absolute Gasteiger partial charge is 0.229 e. The van der Waals surface area contributed by atoms with Crippen molar-refractivity contribution in [3.05, 3.63) is 11.7 Å². The minimum atomic E-state index is -0.523. The molecule has 1 saturated carbocycles. The average Bonchev–Trinajstić information content (AvgIpc) is 2.77. The zero-order valence-corrected chi connectivity index (χ0v) is 12.9. The van der Waals surface area contributed by atoms with Crippen LogP contribution in [0.3, 0.4) is 0 Å². The molecule has 1 heterocycles. The van der Waals surface area contributed by atoms with E-state index in [2.05, 4.69) is 30.9 Å². The maximum Gasteiger partial charge on any atom is 0.229 e. The first-order valence-electron chi connectivity index (χ1n) is 7.31. The Balaban J connectivity index is 2.00. The van der Waals surface area contributed by atoms with Crippen LogP contribution in [-0.2, 0) is 5.54 Å². The Hall–Kier alpha value is -0.900. The topological polar surface area (TPSA) is 64.9 Å². The van der Waals surface area contributed by atoms with E-state index in [1.165, 1.54) is 12.8 Å². The zero-order chi connectivity index (χ0) is 14.3. The summed E-state index contributed by atoms with van der Waals surface area (Å²) in [5.74, 6) is 2.61. The summed E-state index contributed by atoms with van der Waals surface area (Å²) in [6, 6.07) is 0. The molecule has 0 atom stereocenters. The lowest BCUT2D eigenvalue weighted by atomic mass is 9.70. The summed E-state index contributed by atoms with van der Waals surface area (Å²) < 4.78 is 5.41. The molecular weight excluding hydrogens is 238 g/mol. The minimum Gasteiger partial charge on any atom is -0.339 e. The maximum absolute atomic E-state index is 5.99. The second kappa shape index (κ2) is 4.89. The molecule has 0 aromatic carbocycles. The highest BCUT2D eigenvalue weighted by molar-refractivity contribution is 5.03. The summed E-state index contributed by atoms with van der Waals surface area (Å²) >= 11 is 0. The van der Waals surface area contributed by atoms with E-state index in [0.29, 0.717) is 17.2 Å². The summed E-state index contributed by atoms with van der Waals surface area (Å²) in [7, 11) is 0. The molecule has 0 amide bonds. The van der Waals surface area contributed by atoms with Gasteiger partial charge in [-0.1, -0.05) is 25.9 Å². The summed E-state index contributed by atoms with van der Waals surface area (Å²) in [6.45, 7) is 10.8. The number of hydrogen-bond acceptors (Lipinski definition) is 4. The number of rotatable bonds is 2. The molecule has 0 unspecified atom stereocenters. The number of nitrogens with two attached hydrogens (primary N) is 1. The van der Waals surface area contributed by atoms with Crippen LogP contribution in [0.25, 0.3) is 0 Å². The third-order valence-corrected chi connectivity index (χ3v) is 4.32. The van der Waals surface area contributed by atoms with Crippen molar-refractivity contribution in [1.29, 1.82) is 0 Å². The molecule has 0 saturated heterocycles. The van der Waals surface area contributed by atoms with Crippen molar-refractivity contribution in [2.24, 2.45) is 17.1 Å². The average molecular weight is 265 g/mol. The van der Waals surface area contributed by atoms with Crippen molar-refractivity contribution >= 4 is 0 Å². The first-order chi connectivity index (χ1) is 8.68. The van der Waals surface area contributed by atoms with E-state index >= 15 is 0 Å². The highest BCUT2D eigenvalue weighted by atomic mass is 16.5. The Morgan fingerprint density at radius 3 is 2.05 bits per heavy atom. The van der Waals surface area contributed by atoms with E-state index < -0.39 is 5.54 Å². The molecule has 1 fully saturated rings. The van der Waals surface area contributed by atoms with Crippen molar-refractivity contribution in [2.75, 3.05) is 0 Å². The molecule has 2 N–H and O–H groups in total. The van der Waals surface area contributed by atoms with Gasteiger partial charge in [0.1, 0.15) is 0 Å². The Labute approximate surface area is 116 Å². The monoisotopic (exact) mass is 265 g/mol. The fourth-order valence-electron chi connectivity index (χ4n) is 2.87. The van der Waals surface area contributed by atoms with Gasteiger partial charge in [-0.2, -0.15) is 4.98 Å². The molecule has 19 heavy (non-hydrogen) atoms. The molecule has 0 aliphatic heterocycles. The van der Waals surface area contributed by atoms with E-state index in [-0.39, 0.29) is 0 Å². The van der Waals surface area contributed by atoms with E-state index in [1.807, 2.05) is 13.8 Å². The molecule has 1 aromatic rings. The Kier molecular flexibility index (Phi) is 3.74. The standard InChI is InChI=1S/C15H27N3O/c1-14(2,3)11-8-6-10(7-9-11)12-17-13(18-19-12)15(4,5)16/h10-11H,6-9,16H2,1-5H3. The summed E-state index contributed by atoms with van der Waals surface area (Å²) in [5.41, 5.74) is 5.88. The van der Waals surface area contributed by atoms with Gasteiger partial charge in [-0.15, -0.1) is 0 Å². The van der Waals surface area contributed by atoms with Crippen LogP contribution < -0.4 is 5.73 Å². The van der Waals surface area contributed by atoms with Gasteiger partial charge in [0.05, 0.1) is 5.54 Å². The predicted molar refractivity (Wildman–Crippen MR) is 75.7 cm³/mol. The normalized spacial score (nSPS) is 25.6. The van der Waals surface area contributed by atoms with Gasteiger partial charge in [-0.25, -0.2) is 0 Å². The second-order valence-electron chi connectivity index (χ2n) is 7.59. The van der Waals surface area contributed by atoms with Crippen LogP contribution in [-0.4, -0.2) is 10.1 Å². The van der Waals surface area contributed by atoms with Crippen LogP contribution in [0.5, 0.6) is 0 Å². The zero-order valence-electron chi connectivity index (χ0n) is 12.9. The molecule has 0 spiro atoms. The molecule has 1 aliphatic rings. The van der Waals surface area contributed by atoms with Crippen molar-refractivity contribution in [2.45, 2.75) is 71.8 Å². The van der Waals surface area contributed by atoms with Gasteiger partial charge in [0.25, 0.3) is 0 Å². The molecule has 1 aliphatic carbocycles. The van der Waals surface area contributed by atoms with Gasteiger partial charge in [-0.05, 0) is 50.9 Å². The molecule has 4 heteroatoms. The van der Waals surface area contributed by atoms with Crippen LogP contribution in [0.4, 0.5) is 0 Å². The number of aromatic nitrogens is 2. The summed E-state index contributed by atoms with van der Waals surface area (Å²) in [5, 5.41) is 4.02. The van der Waals surface area contributed by atoms with E-state index in [4.69, 9.17) is 10.3 Å². The fourth-order valence-corrected chi connectivity index (χ4v) is 2.87. The molecule has 1 aromatic heterocycles. The van der Waals surface area contributed by atoms with Crippen molar-refractivity contribution in [1.82, 2.24) is 10.1 Å². The first kappa shape index (κ1) is 14.5. The van der Waals surface area contributed by atoms with Crippen LogP contribution in [0.1, 0.15) is 77.9 Å². The summed E-state index contributed by atoms with van der Waals surface area (Å²) in [4.78, 5) is 4.49. The Morgan fingerprint density at radius 2 is 1.63 bits per heavy atom. The Bertz CT molecular complexity index is 417. The van der Waals surface area contributed by atoms with Crippen molar-refractivity contribution in [3.63, 3.8) is 0 Å². The second-order valence-corrected chi connectivity index (χ2v) is 7.59. The number of hydrogen-bond donors (Lipinski definition) is 1. The SMILES string of the molecule is CC(C)(N)c1noc(C2CCC(C(C)(C)C)CC2)n1. The third kappa shape index (κ3) is 3.35. The fraction of sp³-hybridized carbons (Fsp3) is 0.867. The third-order valence-electron chi connectivity index (χ3n) is 4.32. The lowest BCUT2D eigenvalue weighted by Crippen LogP contribution is -2.30. The molecule has 0 bridgehead atoms. The minimum absolute atomic E-state index is 0.407. The lowest BCUT2D eigenvalue weighted by Gasteiger charge is -2.35. The van der Waals surface area contributed by atoms with Gasteiger partial charge in [0, 0.05) is 5.92 Å². The van der Waals surface area contributed by atoms with Gasteiger partial charge in [0.15, 0.2) is 5.82 Å². The largest absolute Gasteiger partial charge is 0.339 e. The van der Waals surface area contributed by atoms with E-state index in [0.717, 1.165) is 24.7 Å². The highest BCUT2D eigenvalue weighted by Gasteiger charge is 2.33. The van der Waals surface area contributed by atoms with Gasteiger partial charge >= 0.3 is 0 Å². The molecule has 108 valence electrons. The van der Waals surface area contributed by atoms with Crippen LogP contribution in [0.2, 0.25) is 0 Å². The molecule has 2 rings (SSSR count). The van der Waals surface area contributed by atoms with E-state index in [9.17, 15) is 0 Å². The van der Waals surface area contributed by atoms with Crippen molar-refractivity contribution in [3.8, 4) is 0 Å². The molecular formula is C15H27N3O. The summed E-state index contributed by atoms with van der Waals surface area (Å²) in [6.07, 6.45) is 4.79. The maximum atomic E-state index is 5.99.